The monoisotopic (exact) mass is 440 g/mol. The molecule has 0 radical (unpaired) electrons. The van der Waals surface area contributed by atoms with E-state index >= 15 is 0 Å². The third-order valence-electron chi connectivity index (χ3n) is 5.00. The molecule has 1 fully saturated rings. The van der Waals surface area contributed by atoms with Gasteiger partial charge in [0.15, 0.2) is 0 Å². The number of ether oxygens (including phenoxy) is 2. The van der Waals surface area contributed by atoms with Gasteiger partial charge in [-0.15, -0.1) is 4.98 Å². The van der Waals surface area contributed by atoms with Gasteiger partial charge in [-0.2, -0.15) is 5.10 Å². The number of carbonyl (C=O) groups excluding carboxylic acids is 1. The fourth-order valence-corrected chi connectivity index (χ4v) is 3.49. The molecule has 172 valence electrons. The Kier molecular flexibility index (Phi) is 7.83. The summed E-state index contributed by atoms with van der Waals surface area (Å²) < 4.78 is 13.1. The van der Waals surface area contributed by atoms with Gasteiger partial charge in [-0.3, -0.25) is 0 Å². The van der Waals surface area contributed by atoms with Crippen molar-refractivity contribution in [3.05, 3.63) is 41.5 Å². The summed E-state index contributed by atoms with van der Waals surface area (Å²) in [6.45, 7) is 15.1. The van der Waals surface area contributed by atoms with E-state index in [0.29, 0.717) is 25.5 Å². The molecule has 32 heavy (non-hydrogen) atoms. The molecule has 0 aromatic carbocycles. The van der Waals surface area contributed by atoms with Crippen LogP contribution in [0.1, 0.15) is 51.8 Å². The van der Waals surface area contributed by atoms with Gasteiger partial charge in [0.2, 0.25) is 0 Å². The first-order chi connectivity index (χ1) is 15.2. The molecule has 2 aromatic rings. The van der Waals surface area contributed by atoms with Crippen molar-refractivity contribution in [3.63, 3.8) is 0 Å². The number of alkyl carbamates (subject to hydrolysis) is 1. The topological polar surface area (TPSA) is 85.9 Å². The van der Waals surface area contributed by atoms with Crippen LogP contribution in [-0.2, 0) is 16.0 Å². The van der Waals surface area contributed by atoms with Crippen LogP contribution in [-0.4, -0.2) is 58.1 Å². The van der Waals surface area contributed by atoms with Gasteiger partial charge in [-0.25, -0.2) is 9.48 Å². The lowest BCUT2D eigenvalue weighted by Gasteiger charge is -2.22. The van der Waals surface area contributed by atoms with E-state index in [1.807, 2.05) is 44.8 Å². The lowest BCUT2D eigenvalue weighted by atomic mass is 10.1. The van der Waals surface area contributed by atoms with Crippen LogP contribution in [0, 0.1) is 6.57 Å². The Morgan fingerprint density at radius 2 is 2.22 bits per heavy atom. The third-order valence-corrected chi connectivity index (χ3v) is 5.00. The number of rotatable bonds is 7. The smallest absolute Gasteiger partial charge is 0.407 e. The Hall–Kier alpha value is -2.96. The number of hydrogen-bond acceptors (Lipinski definition) is 6. The van der Waals surface area contributed by atoms with Gasteiger partial charge >= 0.3 is 6.09 Å². The lowest BCUT2D eigenvalue weighted by Crippen LogP contribution is -2.36. The molecule has 1 atom stereocenters. The quantitative estimate of drug-likeness (QED) is 0.651. The van der Waals surface area contributed by atoms with E-state index in [1.165, 1.54) is 0 Å². The number of hydrogen-bond donors (Lipinski definition) is 1. The minimum Gasteiger partial charge on any atom is -0.444 e. The van der Waals surface area contributed by atoms with Crippen molar-refractivity contribution in [1.82, 2.24) is 25.0 Å². The normalized spacial score (nSPS) is 16.6. The van der Waals surface area contributed by atoms with E-state index in [0.717, 1.165) is 42.7 Å². The molecule has 9 nitrogen and oxygen atoms in total. The number of aromatic nitrogens is 3. The summed E-state index contributed by atoms with van der Waals surface area (Å²) in [4.78, 5) is 21.5. The molecule has 1 N–H and O–H groups in total. The van der Waals surface area contributed by atoms with Crippen molar-refractivity contribution < 1.29 is 14.3 Å². The van der Waals surface area contributed by atoms with Crippen molar-refractivity contribution in [2.24, 2.45) is 0 Å². The van der Waals surface area contributed by atoms with Gasteiger partial charge in [0.25, 0.3) is 5.82 Å². The molecule has 3 rings (SSSR count). The molecular weight excluding hydrogens is 408 g/mol. The Morgan fingerprint density at radius 1 is 1.41 bits per heavy atom. The number of nitrogens with zero attached hydrogens (tertiary/aromatic N) is 5. The van der Waals surface area contributed by atoms with Gasteiger partial charge in [0.1, 0.15) is 23.7 Å². The molecule has 9 heteroatoms. The first-order valence-electron chi connectivity index (χ1n) is 10.9. The zero-order chi connectivity index (χ0) is 23.1. The van der Waals surface area contributed by atoms with Crippen LogP contribution in [0.2, 0.25) is 0 Å². The molecule has 3 heterocycles. The predicted octanol–water partition coefficient (Wildman–Crippen LogP) is 4.15. The standard InChI is InChI=1S/C23H32N6O3/c1-23(2,3)32-22(30)25-11-12-28(5)15-18-16-29(20-8-6-7-13-31-20)27-21(18)17-9-10-19(24-4)26-14-17/h9-10,14,16,20H,6-8,11-13,15H2,1-3,5H3,(H,25,30). The third kappa shape index (κ3) is 6.77. The second kappa shape index (κ2) is 10.6. The van der Waals surface area contributed by atoms with Crippen LogP contribution in [0.5, 0.6) is 0 Å². The molecule has 1 unspecified atom stereocenters. The van der Waals surface area contributed by atoms with Gasteiger partial charge < -0.3 is 24.5 Å². The summed E-state index contributed by atoms with van der Waals surface area (Å²) in [6.07, 6.45) is 6.37. The number of pyridine rings is 1. The maximum Gasteiger partial charge on any atom is 0.407 e. The lowest BCUT2D eigenvalue weighted by molar-refractivity contribution is -0.0394. The van der Waals surface area contributed by atoms with Crippen LogP contribution < -0.4 is 5.32 Å². The van der Waals surface area contributed by atoms with E-state index in [2.05, 4.69) is 20.0 Å². The summed E-state index contributed by atoms with van der Waals surface area (Å²) >= 11 is 0. The zero-order valence-electron chi connectivity index (χ0n) is 19.3. The van der Waals surface area contributed by atoms with E-state index in [4.69, 9.17) is 21.1 Å². The molecule has 0 saturated carbocycles. The fraction of sp³-hybridized carbons (Fsp3) is 0.565. The zero-order valence-corrected chi connectivity index (χ0v) is 19.3. The summed E-state index contributed by atoms with van der Waals surface area (Å²) in [5.74, 6) is 0.357. The highest BCUT2D eigenvalue weighted by Crippen LogP contribution is 2.28. The first kappa shape index (κ1) is 23.7. The van der Waals surface area contributed by atoms with E-state index < -0.39 is 11.7 Å². The molecule has 1 amide bonds. The molecular formula is C23H32N6O3. The molecule has 1 saturated heterocycles. The van der Waals surface area contributed by atoms with Gasteiger partial charge in [0, 0.05) is 43.6 Å². The summed E-state index contributed by atoms with van der Waals surface area (Å²) in [7, 11) is 2.00. The maximum absolute atomic E-state index is 11.9. The second-order valence-corrected chi connectivity index (χ2v) is 8.99. The van der Waals surface area contributed by atoms with Crippen molar-refractivity contribution in [2.75, 3.05) is 26.7 Å². The van der Waals surface area contributed by atoms with Crippen LogP contribution in [0.15, 0.2) is 24.5 Å². The molecule has 1 aliphatic heterocycles. The van der Waals surface area contributed by atoms with Crippen molar-refractivity contribution in [3.8, 4) is 11.3 Å². The average molecular weight is 441 g/mol. The van der Waals surface area contributed by atoms with Crippen molar-refractivity contribution >= 4 is 11.9 Å². The fourth-order valence-electron chi connectivity index (χ4n) is 3.49. The molecule has 0 bridgehead atoms. The van der Waals surface area contributed by atoms with Gasteiger partial charge in [-0.1, -0.05) is 12.6 Å². The molecule has 2 aromatic heterocycles. The average Bonchev–Trinajstić information content (AvgIpc) is 3.17. The molecule has 1 aliphatic rings. The number of likely N-dealkylation sites (N-methyl/N-ethyl adjacent to an activating group) is 1. The van der Waals surface area contributed by atoms with E-state index in [-0.39, 0.29) is 6.23 Å². The van der Waals surface area contributed by atoms with E-state index in [9.17, 15) is 4.79 Å². The maximum atomic E-state index is 11.9. The first-order valence-corrected chi connectivity index (χ1v) is 10.9. The Bertz CT molecular complexity index is 936. The Balaban J connectivity index is 1.69. The van der Waals surface area contributed by atoms with Crippen LogP contribution in [0.25, 0.3) is 16.1 Å². The Labute approximate surface area is 189 Å². The van der Waals surface area contributed by atoms with Crippen LogP contribution >= 0.6 is 0 Å². The SMILES string of the molecule is [C-]#[N+]c1ccc(-c2nn(C3CCCCO3)cc2CN(C)CCNC(=O)OC(C)(C)C)cn1. The van der Waals surface area contributed by atoms with E-state index in [1.54, 1.807) is 12.3 Å². The van der Waals surface area contributed by atoms with Crippen LogP contribution in [0.4, 0.5) is 10.6 Å². The minimum absolute atomic E-state index is 0.0640. The van der Waals surface area contributed by atoms with Crippen LogP contribution in [0.3, 0.4) is 0 Å². The number of nitrogens with one attached hydrogen (secondary N) is 1. The number of amides is 1. The summed E-state index contributed by atoms with van der Waals surface area (Å²) in [5.41, 5.74) is 2.21. The second-order valence-electron chi connectivity index (χ2n) is 8.99. The van der Waals surface area contributed by atoms with Gasteiger partial charge in [-0.05, 0) is 53.1 Å². The molecule has 0 spiro atoms. The highest BCUT2D eigenvalue weighted by Gasteiger charge is 2.21. The summed E-state index contributed by atoms with van der Waals surface area (Å²) in [6, 6.07) is 3.58. The number of carbonyl (C=O) groups is 1. The minimum atomic E-state index is -0.516. The van der Waals surface area contributed by atoms with Crippen molar-refractivity contribution in [1.29, 1.82) is 0 Å². The summed E-state index contributed by atoms with van der Waals surface area (Å²) in [5, 5.41) is 7.61. The Morgan fingerprint density at radius 3 is 2.84 bits per heavy atom. The predicted molar refractivity (Wildman–Crippen MR) is 121 cm³/mol. The largest absolute Gasteiger partial charge is 0.444 e. The van der Waals surface area contributed by atoms with Gasteiger partial charge in [0.05, 0.1) is 0 Å². The highest BCUT2D eigenvalue weighted by atomic mass is 16.6. The highest BCUT2D eigenvalue weighted by molar-refractivity contribution is 5.67. The van der Waals surface area contributed by atoms with Crippen molar-refractivity contribution in [2.45, 2.75) is 58.4 Å². The molecule has 0 aliphatic carbocycles.